The van der Waals surface area contributed by atoms with E-state index < -0.39 is 23.2 Å². The minimum atomic E-state index is -5.24. The number of halogens is 4. The van der Waals surface area contributed by atoms with Crippen molar-refractivity contribution in [1.82, 2.24) is 0 Å². The summed E-state index contributed by atoms with van der Waals surface area (Å²) in [5.41, 5.74) is -1.13. The number of rotatable bonds is 1. The molecular weight excluding hydrogens is 191 g/mol. The van der Waals surface area contributed by atoms with E-state index in [9.17, 15) is 12.9 Å². The van der Waals surface area contributed by atoms with Crippen molar-refractivity contribution in [2.45, 2.75) is 0 Å². The quantitative estimate of drug-likeness (QED) is 0.680. The fourth-order valence-electron chi connectivity index (χ4n) is 0.850. The summed E-state index contributed by atoms with van der Waals surface area (Å²) in [4.78, 5) is 0. The van der Waals surface area contributed by atoms with Crippen molar-refractivity contribution in [2.75, 3.05) is 0 Å². The van der Waals surface area contributed by atoms with Gasteiger partial charge in [-0.25, -0.2) is 0 Å². The van der Waals surface area contributed by atoms with Crippen LogP contribution in [0.4, 0.5) is 12.9 Å². The van der Waals surface area contributed by atoms with Crippen LogP contribution in [0.2, 0.25) is 5.02 Å². The highest BCUT2D eigenvalue weighted by Gasteiger charge is 2.30. The summed E-state index contributed by atoms with van der Waals surface area (Å²) in [7, 11) is 0. The number of phenolic OH excluding ortho intramolecular Hbond substituents is 1. The highest BCUT2D eigenvalue weighted by molar-refractivity contribution is 6.76. The highest BCUT2D eigenvalue weighted by Crippen LogP contribution is 2.22. The summed E-state index contributed by atoms with van der Waals surface area (Å²) in [5, 5.41) is 8.37. The monoisotopic (exact) mass is 195 g/mol. The molecule has 0 amide bonds. The zero-order valence-corrected chi connectivity index (χ0v) is 6.52. The summed E-state index contributed by atoms with van der Waals surface area (Å²) < 4.78 is 36.4. The van der Waals surface area contributed by atoms with Crippen LogP contribution in [0.3, 0.4) is 0 Å². The summed E-state index contributed by atoms with van der Waals surface area (Å²) >= 11 is 5.25. The summed E-state index contributed by atoms with van der Waals surface area (Å²) in [6.45, 7) is -5.24. The third-order valence-electron chi connectivity index (χ3n) is 1.36. The van der Waals surface area contributed by atoms with Gasteiger partial charge in [-0.15, -0.1) is 0 Å². The molecule has 1 aromatic rings. The number of aromatic hydroxyl groups is 1. The standard InChI is InChI=1S/C6H4BClF3O/c8-4-2-1-3-5(12)6(4)7(9,10)11/h1-3,12H/q-1. The van der Waals surface area contributed by atoms with Gasteiger partial charge in [0.1, 0.15) is 0 Å². The summed E-state index contributed by atoms with van der Waals surface area (Å²) in [6, 6.07) is 3.30. The second-order valence-corrected chi connectivity index (χ2v) is 2.65. The fraction of sp³-hybridized carbons (Fsp3) is 0. The number of phenols is 1. The van der Waals surface area contributed by atoms with E-state index in [0.29, 0.717) is 0 Å². The SMILES string of the molecule is Oc1cccc(Cl)c1[B-](F)(F)F. The van der Waals surface area contributed by atoms with E-state index in [1.165, 1.54) is 6.07 Å². The molecule has 0 aliphatic rings. The van der Waals surface area contributed by atoms with Crippen molar-refractivity contribution in [2.24, 2.45) is 0 Å². The second-order valence-electron chi connectivity index (χ2n) is 2.25. The van der Waals surface area contributed by atoms with Crippen LogP contribution in [0, 0.1) is 0 Å². The molecule has 0 aliphatic heterocycles. The summed E-state index contributed by atoms with van der Waals surface area (Å²) in [5.74, 6) is -0.824. The molecule has 6 heteroatoms. The zero-order valence-electron chi connectivity index (χ0n) is 5.77. The molecule has 1 rings (SSSR count). The van der Waals surface area contributed by atoms with E-state index >= 15 is 0 Å². The molecule has 0 fully saturated rings. The molecule has 66 valence electrons. The molecule has 1 N–H and O–H groups in total. The van der Waals surface area contributed by atoms with Crippen LogP contribution in [0.1, 0.15) is 0 Å². The van der Waals surface area contributed by atoms with Gasteiger partial charge in [0.2, 0.25) is 0 Å². The zero-order chi connectivity index (χ0) is 9.35. The van der Waals surface area contributed by atoms with Crippen LogP contribution >= 0.6 is 11.6 Å². The van der Waals surface area contributed by atoms with E-state index in [-0.39, 0.29) is 0 Å². The first-order valence-electron chi connectivity index (χ1n) is 3.10. The fourth-order valence-corrected chi connectivity index (χ4v) is 1.14. The predicted molar refractivity (Wildman–Crippen MR) is 41.8 cm³/mol. The Morgan fingerprint density at radius 1 is 1.25 bits per heavy atom. The molecule has 0 unspecified atom stereocenters. The molecule has 0 heterocycles. The predicted octanol–water partition coefficient (Wildman–Crippen LogP) is 2.10. The number of hydrogen-bond acceptors (Lipinski definition) is 1. The lowest BCUT2D eigenvalue weighted by Gasteiger charge is -2.17. The van der Waals surface area contributed by atoms with Gasteiger partial charge < -0.3 is 18.1 Å². The van der Waals surface area contributed by atoms with Gasteiger partial charge in [0.05, 0.1) is 5.75 Å². The van der Waals surface area contributed by atoms with Crippen molar-refractivity contribution < 1.29 is 18.1 Å². The van der Waals surface area contributed by atoms with Crippen molar-refractivity contribution in [3.05, 3.63) is 23.2 Å². The van der Waals surface area contributed by atoms with Gasteiger partial charge >= 0.3 is 6.98 Å². The van der Waals surface area contributed by atoms with E-state index in [4.69, 9.17) is 16.7 Å². The van der Waals surface area contributed by atoms with Gasteiger partial charge in [-0.3, -0.25) is 0 Å². The van der Waals surface area contributed by atoms with Crippen LogP contribution in [0.15, 0.2) is 18.2 Å². The Hall–Kier alpha value is -0.835. The lowest BCUT2D eigenvalue weighted by molar-refractivity contribution is 0.463. The van der Waals surface area contributed by atoms with Crippen LogP contribution in [-0.2, 0) is 0 Å². The Kier molecular flexibility index (Phi) is 2.23. The maximum absolute atomic E-state index is 12.1. The molecule has 0 bridgehead atoms. The minimum absolute atomic E-state index is 0.470. The van der Waals surface area contributed by atoms with Gasteiger partial charge in [0.25, 0.3) is 0 Å². The van der Waals surface area contributed by atoms with Gasteiger partial charge in [0, 0.05) is 5.02 Å². The first-order valence-corrected chi connectivity index (χ1v) is 3.48. The molecule has 1 aromatic carbocycles. The largest absolute Gasteiger partial charge is 0.514 e. The maximum atomic E-state index is 12.1. The van der Waals surface area contributed by atoms with Crippen molar-refractivity contribution in [1.29, 1.82) is 0 Å². The smallest absolute Gasteiger partial charge is 0.511 e. The van der Waals surface area contributed by atoms with Crippen molar-refractivity contribution in [3.63, 3.8) is 0 Å². The average molecular weight is 195 g/mol. The Morgan fingerprint density at radius 2 is 1.83 bits per heavy atom. The molecule has 0 aromatic heterocycles. The van der Waals surface area contributed by atoms with Crippen molar-refractivity contribution >= 4 is 24.0 Å². The van der Waals surface area contributed by atoms with Gasteiger partial charge in [0.15, 0.2) is 0 Å². The minimum Gasteiger partial charge on any atom is -0.511 e. The third kappa shape index (κ3) is 1.66. The van der Waals surface area contributed by atoms with E-state index in [2.05, 4.69) is 0 Å². The maximum Gasteiger partial charge on any atom is 0.514 e. The van der Waals surface area contributed by atoms with Crippen LogP contribution in [-0.4, -0.2) is 12.1 Å². The molecule has 0 saturated heterocycles. The summed E-state index contributed by atoms with van der Waals surface area (Å²) in [6.07, 6.45) is 0. The highest BCUT2D eigenvalue weighted by atomic mass is 35.5. The average Bonchev–Trinajstić information content (AvgIpc) is 1.82. The third-order valence-corrected chi connectivity index (χ3v) is 1.69. The van der Waals surface area contributed by atoms with Gasteiger partial charge in [-0.1, -0.05) is 17.7 Å². The molecule has 0 aliphatic carbocycles. The Labute approximate surface area is 71.8 Å². The molecule has 0 radical (unpaired) electrons. The molecule has 12 heavy (non-hydrogen) atoms. The lowest BCUT2D eigenvalue weighted by Crippen LogP contribution is -2.35. The molecule has 0 saturated carbocycles. The van der Waals surface area contributed by atoms with Crippen molar-refractivity contribution in [3.8, 4) is 5.75 Å². The Bertz CT molecular complexity index is 279. The van der Waals surface area contributed by atoms with E-state index in [0.717, 1.165) is 12.1 Å². The first kappa shape index (κ1) is 9.25. The molecule has 1 nitrogen and oxygen atoms in total. The number of benzene rings is 1. The molecule has 0 spiro atoms. The first-order chi connectivity index (χ1) is 5.43. The van der Waals surface area contributed by atoms with Crippen LogP contribution < -0.4 is 5.46 Å². The van der Waals surface area contributed by atoms with E-state index in [1.807, 2.05) is 0 Å². The van der Waals surface area contributed by atoms with Crippen LogP contribution in [0.5, 0.6) is 5.75 Å². The van der Waals surface area contributed by atoms with Gasteiger partial charge in [-0.2, -0.15) is 0 Å². The Balaban J connectivity index is 3.31. The topological polar surface area (TPSA) is 20.2 Å². The van der Waals surface area contributed by atoms with E-state index in [1.54, 1.807) is 0 Å². The second kappa shape index (κ2) is 2.90. The lowest BCUT2D eigenvalue weighted by atomic mass is 9.79. The van der Waals surface area contributed by atoms with Crippen LogP contribution in [0.25, 0.3) is 0 Å². The Morgan fingerprint density at radius 3 is 2.17 bits per heavy atom. The number of hydrogen-bond donors (Lipinski definition) is 1. The molecule has 0 atom stereocenters. The molecular formula is C6H4BClF3O-. The van der Waals surface area contributed by atoms with Gasteiger partial charge in [-0.05, 0) is 17.6 Å². The normalized spacial score (nSPS) is 11.7.